The molecule has 1 saturated heterocycles. The number of nitrogens with zero attached hydrogens (tertiary/aromatic N) is 1. The molecular weight excluding hydrogens is 272 g/mol. The minimum atomic E-state index is -3.39. The zero-order valence-corrected chi connectivity index (χ0v) is 13.3. The van der Waals surface area contributed by atoms with Crippen LogP contribution in [0.2, 0.25) is 0 Å². The summed E-state index contributed by atoms with van der Waals surface area (Å²) in [6.07, 6.45) is 1.88. The van der Waals surface area contributed by atoms with Crippen molar-refractivity contribution < 1.29 is 8.42 Å². The van der Waals surface area contributed by atoms with Gasteiger partial charge in [-0.05, 0) is 44.4 Å². The summed E-state index contributed by atoms with van der Waals surface area (Å²) in [5.41, 5.74) is 0.834. The van der Waals surface area contributed by atoms with Gasteiger partial charge in [-0.2, -0.15) is 4.31 Å². The average Bonchev–Trinajstić information content (AvgIpc) is 2.39. The first-order valence-corrected chi connectivity index (χ1v) is 8.65. The summed E-state index contributed by atoms with van der Waals surface area (Å²) in [6.45, 7) is 5.38. The lowest BCUT2D eigenvalue weighted by molar-refractivity contribution is 0.220. The van der Waals surface area contributed by atoms with Gasteiger partial charge < -0.3 is 5.32 Å². The molecule has 1 aromatic rings. The Labute approximate surface area is 122 Å². The predicted octanol–water partition coefficient (Wildman–Crippen LogP) is 2.22. The van der Waals surface area contributed by atoms with Gasteiger partial charge in [-0.1, -0.05) is 25.1 Å². The van der Waals surface area contributed by atoms with Crippen molar-refractivity contribution in [1.82, 2.24) is 9.62 Å². The molecule has 0 radical (unpaired) electrons. The second-order valence-electron chi connectivity index (χ2n) is 5.73. The maximum atomic E-state index is 12.9. The van der Waals surface area contributed by atoms with Crippen LogP contribution >= 0.6 is 0 Å². The minimum Gasteiger partial charge on any atom is -0.316 e. The summed E-state index contributed by atoms with van der Waals surface area (Å²) in [5.74, 6) is 0.601. The Balaban J connectivity index is 2.35. The molecule has 0 bridgehead atoms. The standard InChI is InChI=1S/C15H24N2O2S/c1-12-8-9-17(13(2)10-12)20(18,19)15-7-5-4-6-14(15)11-16-3/h4-7,12-13,16H,8-11H2,1-3H3. The smallest absolute Gasteiger partial charge is 0.243 e. The van der Waals surface area contributed by atoms with Crippen molar-refractivity contribution in [3.05, 3.63) is 29.8 Å². The average molecular weight is 296 g/mol. The van der Waals surface area contributed by atoms with E-state index in [1.165, 1.54) is 0 Å². The van der Waals surface area contributed by atoms with Gasteiger partial charge >= 0.3 is 0 Å². The third kappa shape index (κ3) is 3.05. The lowest BCUT2D eigenvalue weighted by Gasteiger charge is -2.35. The molecule has 2 atom stereocenters. The first kappa shape index (κ1) is 15.5. The molecule has 0 saturated carbocycles. The van der Waals surface area contributed by atoms with Gasteiger partial charge in [0.2, 0.25) is 10.0 Å². The van der Waals surface area contributed by atoms with Crippen LogP contribution in [0.5, 0.6) is 0 Å². The fraction of sp³-hybridized carbons (Fsp3) is 0.600. The van der Waals surface area contributed by atoms with Crippen LogP contribution in [-0.4, -0.2) is 32.4 Å². The number of hydrogen-bond acceptors (Lipinski definition) is 3. The van der Waals surface area contributed by atoms with Crippen LogP contribution in [-0.2, 0) is 16.6 Å². The van der Waals surface area contributed by atoms with Crippen LogP contribution in [0.25, 0.3) is 0 Å². The Morgan fingerprint density at radius 2 is 2.00 bits per heavy atom. The van der Waals surface area contributed by atoms with E-state index < -0.39 is 10.0 Å². The summed E-state index contributed by atoms with van der Waals surface area (Å²) in [6, 6.07) is 7.34. The molecular formula is C15H24N2O2S. The molecule has 2 unspecified atom stereocenters. The lowest BCUT2D eigenvalue weighted by atomic mass is 9.95. The third-order valence-electron chi connectivity index (χ3n) is 4.00. The van der Waals surface area contributed by atoms with E-state index in [4.69, 9.17) is 0 Å². The lowest BCUT2D eigenvalue weighted by Crippen LogP contribution is -2.44. The van der Waals surface area contributed by atoms with Crippen molar-refractivity contribution >= 4 is 10.0 Å². The van der Waals surface area contributed by atoms with Gasteiger partial charge in [-0.25, -0.2) is 8.42 Å². The highest BCUT2D eigenvalue weighted by Crippen LogP contribution is 2.29. The van der Waals surface area contributed by atoms with Crippen molar-refractivity contribution in [3.8, 4) is 0 Å². The second kappa shape index (κ2) is 6.24. The van der Waals surface area contributed by atoms with E-state index in [0.29, 0.717) is 23.9 Å². The molecule has 5 heteroatoms. The van der Waals surface area contributed by atoms with Crippen molar-refractivity contribution in [1.29, 1.82) is 0 Å². The van der Waals surface area contributed by atoms with E-state index in [2.05, 4.69) is 12.2 Å². The van der Waals surface area contributed by atoms with Crippen LogP contribution < -0.4 is 5.32 Å². The maximum absolute atomic E-state index is 12.9. The van der Waals surface area contributed by atoms with Crippen LogP contribution in [0.15, 0.2) is 29.2 Å². The van der Waals surface area contributed by atoms with E-state index in [9.17, 15) is 8.42 Å². The Hall–Kier alpha value is -0.910. The highest BCUT2D eigenvalue weighted by molar-refractivity contribution is 7.89. The molecule has 0 amide bonds. The number of piperidine rings is 1. The molecule has 2 rings (SSSR count). The van der Waals surface area contributed by atoms with Crippen molar-refractivity contribution in [2.75, 3.05) is 13.6 Å². The molecule has 1 aliphatic rings. The topological polar surface area (TPSA) is 49.4 Å². The first-order valence-electron chi connectivity index (χ1n) is 7.21. The normalized spacial score (nSPS) is 24.8. The molecule has 20 heavy (non-hydrogen) atoms. The fourth-order valence-electron chi connectivity index (χ4n) is 2.96. The second-order valence-corrected chi connectivity index (χ2v) is 7.59. The largest absolute Gasteiger partial charge is 0.316 e. The van der Waals surface area contributed by atoms with Crippen molar-refractivity contribution in [3.63, 3.8) is 0 Å². The SMILES string of the molecule is CNCc1ccccc1S(=O)(=O)N1CCC(C)CC1C. The van der Waals surface area contributed by atoms with E-state index in [0.717, 1.165) is 18.4 Å². The Morgan fingerprint density at radius 1 is 1.30 bits per heavy atom. The van der Waals surface area contributed by atoms with E-state index in [1.807, 2.05) is 26.1 Å². The number of nitrogens with one attached hydrogen (secondary N) is 1. The Kier molecular flexibility index (Phi) is 4.83. The van der Waals surface area contributed by atoms with Gasteiger partial charge in [-0.15, -0.1) is 0 Å². The Morgan fingerprint density at radius 3 is 2.65 bits per heavy atom. The van der Waals surface area contributed by atoms with Crippen LogP contribution in [0.3, 0.4) is 0 Å². The quantitative estimate of drug-likeness (QED) is 0.927. The zero-order chi connectivity index (χ0) is 14.8. The van der Waals surface area contributed by atoms with Gasteiger partial charge in [0.25, 0.3) is 0 Å². The van der Waals surface area contributed by atoms with Gasteiger partial charge in [0, 0.05) is 19.1 Å². The molecule has 1 heterocycles. The van der Waals surface area contributed by atoms with Crippen LogP contribution in [0, 0.1) is 5.92 Å². The van der Waals surface area contributed by atoms with Gasteiger partial charge in [0.05, 0.1) is 4.90 Å². The van der Waals surface area contributed by atoms with E-state index in [-0.39, 0.29) is 6.04 Å². The van der Waals surface area contributed by atoms with E-state index >= 15 is 0 Å². The summed E-state index contributed by atoms with van der Waals surface area (Å²) in [5, 5.41) is 3.03. The highest BCUT2D eigenvalue weighted by Gasteiger charge is 2.34. The number of sulfonamides is 1. The molecule has 4 nitrogen and oxygen atoms in total. The molecule has 1 fully saturated rings. The molecule has 0 spiro atoms. The number of hydrogen-bond donors (Lipinski definition) is 1. The summed E-state index contributed by atoms with van der Waals surface area (Å²) in [4.78, 5) is 0.441. The number of rotatable bonds is 4. The van der Waals surface area contributed by atoms with Crippen molar-refractivity contribution in [2.24, 2.45) is 5.92 Å². The molecule has 1 aliphatic heterocycles. The minimum absolute atomic E-state index is 0.0754. The van der Waals surface area contributed by atoms with Crippen LogP contribution in [0.1, 0.15) is 32.3 Å². The summed E-state index contributed by atoms with van der Waals surface area (Å²) in [7, 11) is -1.57. The van der Waals surface area contributed by atoms with Crippen molar-refractivity contribution in [2.45, 2.75) is 44.2 Å². The van der Waals surface area contributed by atoms with E-state index in [1.54, 1.807) is 16.4 Å². The highest BCUT2D eigenvalue weighted by atomic mass is 32.2. The Bertz CT molecular complexity index is 557. The number of benzene rings is 1. The first-order chi connectivity index (χ1) is 9.46. The van der Waals surface area contributed by atoms with Crippen LogP contribution in [0.4, 0.5) is 0 Å². The van der Waals surface area contributed by atoms with Gasteiger partial charge in [0.1, 0.15) is 0 Å². The summed E-state index contributed by atoms with van der Waals surface area (Å²) < 4.78 is 27.5. The predicted molar refractivity (Wildman–Crippen MR) is 81.0 cm³/mol. The monoisotopic (exact) mass is 296 g/mol. The summed E-state index contributed by atoms with van der Waals surface area (Å²) >= 11 is 0. The van der Waals surface area contributed by atoms with Gasteiger partial charge in [-0.3, -0.25) is 0 Å². The molecule has 1 aromatic carbocycles. The molecule has 1 N–H and O–H groups in total. The fourth-order valence-corrected chi connectivity index (χ4v) is 4.84. The third-order valence-corrected chi connectivity index (χ3v) is 6.12. The van der Waals surface area contributed by atoms with Gasteiger partial charge in [0.15, 0.2) is 0 Å². The molecule has 112 valence electrons. The maximum Gasteiger partial charge on any atom is 0.243 e. The zero-order valence-electron chi connectivity index (χ0n) is 12.5. The molecule has 0 aliphatic carbocycles. The molecule has 0 aromatic heterocycles.